The molecule has 1 amide bonds. The van der Waals surface area contributed by atoms with E-state index >= 15 is 0 Å². The minimum Gasteiger partial charge on any atom is -0.353 e. The van der Waals surface area contributed by atoms with Crippen LogP contribution in [0.4, 0.5) is 4.39 Å². The molecule has 0 bridgehead atoms. The average Bonchev–Trinajstić information content (AvgIpc) is 3.24. The van der Waals surface area contributed by atoms with Crippen molar-refractivity contribution in [3.8, 4) is 11.4 Å². The lowest BCUT2D eigenvalue weighted by atomic mass is 10.2. The van der Waals surface area contributed by atoms with Crippen molar-refractivity contribution in [2.45, 2.75) is 43.4 Å². The van der Waals surface area contributed by atoms with E-state index in [1.165, 1.54) is 30.7 Å². The van der Waals surface area contributed by atoms with Gasteiger partial charge < -0.3 is 5.32 Å². The molecular weight excluding hydrogens is 339 g/mol. The summed E-state index contributed by atoms with van der Waals surface area (Å²) in [6.07, 6.45) is 6.17. The first-order chi connectivity index (χ1) is 12.2. The smallest absolute Gasteiger partial charge is 0.230 e. The van der Waals surface area contributed by atoms with Gasteiger partial charge in [-0.1, -0.05) is 42.8 Å². The fourth-order valence-corrected chi connectivity index (χ4v) is 3.76. The third-order valence-electron chi connectivity index (χ3n) is 4.20. The Morgan fingerprint density at radius 2 is 2.12 bits per heavy atom. The van der Waals surface area contributed by atoms with Crippen LogP contribution in [0.1, 0.15) is 25.7 Å². The van der Waals surface area contributed by atoms with E-state index in [1.807, 2.05) is 0 Å². The average molecular weight is 360 g/mol. The van der Waals surface area contributed by atoms with Crippen molar-refractivity contribution >= 4 is 17.7 Å². The zero-order valence-corrected chi connectivity index (χ0v) is 14.8. The molecule has 1 N–H and O–H groups in total. The van der Waals surface area contributed by atoms with Crippen LogP contribution < -0.4 is 5.32 Å². The number of halogens is 1. The molecule has 7 heteroatoms. The Labute approximate surface area is 150 Å². The number of hydrogen-bond acceptors (Lipinski definition) is 4. The van der Waals surface area contributed by atoms with E-state index in [1.54, 1.807) is 28.8 Å². The van der Waals surface area contributed by atoms with Gasteiger partial charge in [0.25, 0.3) is 0 Å². The number of aromatic nitrogens is 3. The van der Waals surface area contributed by atoms with Gasteiger partial charge in [-0.2, -0.15) is 0 Å². The van der Waals surface area contributed by atoms with Crippen LogP contribution in [0.2, 0.25) is 0 Å². The first kappa shape index (κ1) is 17.7. The SMILES string of the molecule is C=CCn1c(SCC(=O)NC2CCCC2)nnc1-c1ccccc1F. The Kier molecular flexibility index (Phi) is 5.86. The molecule has 3 rings (SSSR count). The van der Waals surface area contributed by atoms with Crippen LogP contribution >= 0.6 is 11.8 Å². The highest BCUT2D eigenvalue weighted by Gasteiger charge is 2.19. The van der Waals surface area contributed by atoms with Gasteiger partial charge in [0.2, 0.25) is 5.91 Å². The number of amides is 1. The molecule has 1 heterocycles. The molecule has 1 saturated carbocycles. The van der Waals surface area contributed by atoms with Crippen molar-refractivity contribution in [2.24, 2.45) is 0 Å². The van der Waals surface area contributed by atoms with Crippen LogP contribution in [-0.4, -0.2) is 32.5 Å². The molecule has 1 aliphatic rings. The lowest BCUT2D eigenvalue weighted by molar-refractivity contribution is -0.119. The third-order valence-corrected chi connectivity index (χ3v) is 5.16. The van der Waals surface area contributed by atoms with Crippen molar-refractivity contribution in [3.05, 3.63) is 42.7 Å². The van der Waals surface area contributed by atoms with E-state index in [4.69, 9.17) is 0 Å². The largest absolute Gasteiger partial charge is 0.353 e. The molecule has 1 aliphatic carbocycles. The second kappa shape index (κ2) is 8.29. The fourth-order valence-electron chi connectivity index (χ4n) is 3.00. The van der Waals surface area contributed by atoms with Gasteiger partial charge in [-0.3, -0.25) is 9.36 Å². The Morgan fingerprint density at radius 1 is 1.36 bits per heavy atom. The second-order valence-corrected chi connectivity index (χ2v) is 6.97. The number of nitrogens with zero attached hydrogens (tertiary/aromatic N) is 3. The van der Waals surface area contributed by atoms with Gasteiger partial charge in [-0.15, -0.1) is 16.8 Å². The number of nitrogens with one attached hydrogen (secondary N) is 1. The molecule has 132 valence electrons. The first-order valence-electron chi connectivity index (χ1n) is 8.40. The molecule has 2 aromatic rings. The highest BCUT2D eigenvalue weighted by molar-refractivity contribution is 7.99. The molecule has 1 fully saturated rings. The molecular formula is C18H21FN4OS. The minimum atomic E-state index is -0.351. The lowest BCUT2D eigenvalue weighted by Crippen LogP contribution is -2.33. The maximum Gasteiger partial charge on any atom is 0.230 e. The van der Waals surface area contributed by atoms with E-state index in [0.717, 1.165) is 12.8 Å². The zero-order chi connectivity index (χ0) is 17.6. The molecule has 0 radical (unpaired) electrons. The Bertz CT molecular complexity index is 755. The van der Waals surface area contributed by atoms with Gasteiger partial charge in [-0.05, 0) is 25.0 Å². The molecule has 0 saturated heterocycles. The topological polar surface area (TPSA) is 59.8 Å². The standard InChI is InChI=1S/C18H21FN4OS/c1-2-11-23-17(14-9-5-6-10-15(14)19)21-22-18(23)25-12-16(24)20-13-7-3-4-8-13/h2,5-6,9-10,13H,1,3-4,7-8,11-12H2,(H,20,24). The number of carbonyl (C=O) groups excluding carboxylic acids is 1. The van der Waals surface area contributed by atoms with E-state index < -0.39 is 0 Å². The number of benzene rings is 1. The van der Waals surface area contributed by atoms with Crippen LogP contribution in [0.15, 0.2) is 42.1 Å². The number of hydrogen-bond donors (Lipinski definition) is 1. The number of rotatable bonds is 7. The van der Waals surface area contributed by atoms with Crippen LogP contribution in [-0.2, 0) is 11.3 Å². The summed E-state index contributed by atoms with van der Waals surface area (Å²) in [4.78, 5) is 12.1. The van der Waals surface area contributed by atoms with E-state index in [2.05, 4.69) is 22.1 Å². The monoisotopic (exact) mass is 360 g/mol. The van der Waals surface area contributed by atoms with Crippen LogP contribution in [0.25, 0.3) is 11.4 Å². The minimum absolute atomic E-state index is 0.00232. The highest BCUT2D eigenvalue weighted by Crippen LogP contribution is 2.26. The van der Waals surface area contributed by atoms with Gasteiger partial charge in [-0.25, -0.2) is 4.39 Å². The quantitative estimate of drug-likeness (QED) is 0.607. The number of carbonyl (C=O) groups is 1. The lowest BCUT2D eigenvalue weighted by Gasteiger charge is -2.12. The summed E-state index contributed by atoms with van der Waals surface area (Å²) in [6, 6.07) is 6.75. The summed E-state index contributed by atoms with van der Waals surface area (Å²) in [7, 11) is 0. The molecule has 0 aliphatic heterocycles. The van der Waals surface area contributed by atoms with Crippen LogP contribution in [0, 0.1) is 5.82 Å². The van der Waals surface area contributed by atoms with Gasteiger partial charge >= 0.3 is 0 Å². The number of allylic oxidation sites excluding steroid dienone is 1. The van der Waals surface area contributed by atoms with Gasteiger partial charge in [0, 0.05) is 12.6 Å². The number of thioether (sulfide) groups is 1. The Hall–Kier alpha value is -2.15. The molecule has 0 spiro atoms. The summed E-state index contributed by atoms with van der Waals surface area (Å²) >= 11 is 1.31. The Balaban J connectivity index is 1.72. The predicted molar refractivity (Wildman–Crippen MR) is 96.7 cm³/mol. The third kappa shape index (κ3) is 4.28. The summed E-state index contributed by atoms with van der Waals surface area (Å²) in [5, 5.41) is 11.9. The molecule has 1 aromatic heterocycles. The molecule has 5 nitrogen and oxygen atoms in total. The maximum absolute atomic E-state index is 14.1. The zero-order valence-electron chi connectivity index (χ0n) is 13.9. The van der Waals surface area contributed by atoms with Crippen molar-refractivity contribution in [1.82, 2.24) is 20.1 Å². The normalized spacial score (nSPS) is 14.6. The predicted octanol–water partition coefficient (Wildman–Crippen LogP) is 3.42. The fraction of sp³-hybridized carbons (Fsp3) is 0.389. The van der Waals surface area contributed by atoms with Crippen LogP contribution in [0.3, 0.4) is 0 Å². The summed E-state index contributed by atoms with van der Waals surface area (Å²) < 4.78 is 15.8. The molecule has 1 aromatic carbocycles. The molecule has 0 atom stereocenters. The highest BCUT2D eigenvalue weighted by atomic mass is 32.2. The van der Waals surface area contributed by atoms with Gasteiger partial charge in [0.15, 0.2) is 11.0 Å². The van der Waals surface area contributed by atoms with E-state index in [-0.39, 0.29) is 17.5 Å². The summed E-state index contributed by atoms with van der Waals surface area (Å²) in [5.41, 5.74) is 0.388. The maximum atomic E-state index is 14.1. The van der Waals surface area contributed by atoms with Crippen molar-refractivity contribution < 1.29 is 9.18 Å². The molecule has 25 heavy (non-hydrogen) atoms. The van der Waals surface area contributed by atoms with Crippen LogP contribution in [0.5, 0.6) is 0 Å². The van der Waals surface area contributed by atoms with Gasteiger partial charge in [0.05, 0.1) is 11.3 Å². The van der Waals surface area contributed by atoms with Crippen molar-refractivity contribution in [1.29, 1.82) is 0 Å². The summed E-state index contributed by atoms with van der Waals surface area (Å²) in [5.74, 6) is 0.355. The molecule has 0 unspecified atom stereocenters. The van der Waals surface area contributed by atoms with Crippen molar-refractivity contribution in [3.63, 3.8) is 0 Å². The van der Waals surface area contributed by atoms with E-state index in [9.17, 15) is 9.18 Å². The van der Waals surface area contributed by atoms with Crippen molar-refractivity contribution in [2.75, 3.05) is 5.75 Å². The first-order valence-corrected chi connectivity index (χ1v) is 9.38. The summed E-state index contributed by atoms with van der Waals surface area (Å²) in [6.45, 7) is 4.19. The van der Waals surface area contributed by atoms with E-state index in [0.29, 0.717) is 29.1 Å². The Morgan fingerprint density at radius 3 is 2.84 bits per heavy atom. The second-order valence-electron chi connectivity index (χ2n) is 6.02. The van der Waals surface area contributed by atoms with Gasteiger partial charge in [0.1, 0.15) is 5.82 Å².